The molecule has 10 heteroatoms. The summed E-state index contributed by atoms with van der Waals surface area (Å²) in [5.41, 5.74) is 2.19. The number of nitrogens with one attached hydrogen (secondary N) is 2. The van der Waals surface area contributed by atoms with Crippen LogP contribution in [0.1, 0.15) is 17.0 Å². The van der Waals surface area contributed by atoms with Gasteiger partial charge in [0.1, 0.15) is 35.7 Å². The number of rotatable bonds is 13. The highest BCUT2D eigenvalue weighted by Gasteiger charge is 2.16. The molecule has 0 aliphatic carbocycles. The molecule has 36 heavy (non-hydrogen) atoms. The first-order valence-corrected chi connectivity index (χ1v) is 13.2. The average molecular weight is 517 g/mol. The van der Waals surface area contributed by atoms with Crippen LogP contribution < -0.4 is 24.2 Å². The third-order valence-electron chi connectivity index (χ3n) is 5.47. The number of aliphatic hydroxyl groups is 1. The zero-order valence-corrected chi connectivity index (χ0v) is 21.3. The monoisotopic (exact) mass is 516 g/mol. The van der Waals surface area contributed by atoms with E-state index in [0.29, 0.717) is 12.3 Å². The van der Waals surface area contributed by atoms with Gasteiger partial charge < -0.3 is 29.7 Å². The Morgan fingerprint density at radius 2 is 1.36 bits per heavy atom. The standard InChI is InChI=1S/C26H32N2O7S/c1-33-21-8-4-18(5-9-21)24(19-6-10-22(34-2)11-7-19)16-27-15-20(29)17-35-23-12-13-26(30)25(14-23)28-36(3,31)32/h4-14,20,24,27-30H,15-17H2,1-3H3/t20-/m0/s1. The lowest BCUT2D eigenvalue weighted by Gasteiger charge is -2.21. The average Bonchev–Trinajstić information content (AvgIpc) is 2.86. The maximum absolute atomic E-state index is 11.4. The molecule has 1 atom stereocenters. The lowest BCUT2D eigenvalue weighted by Crippen LogP contribution is -2.34. The van der Waals surface area contributed by atoms with E-state index in [1.165, 1.54) is 18.2 Å². The van der Waals surface area contributed by atoms with Crippen molar-refractivity contribution in [2.75, 3.05) is 44.9 Å². The lowest BCUT2D eigenvalue weighted by atomic mass is 9.91. The van der Waals surface area contributed by atoms with Crippen LogP contribution in [-0.4, -0.2) is 64.9 Å². The highest BCUT2D eigenvalue weighted by atomic mass is 32.2. The number of hydrogen-bond donors (Lipinski definition) is 4. The van der Waals surface area contributed by atoms with Crippen LogP contribution in [-0.2, 0) is 10.0 Å². The Balaban J connectivity index is 1.60. The summed E-state index contributed by atoms with van der Waals surface area (Å²) in [5, 5.41) is 23.6. The van der Waals surface area contributed by atoms with Gasteiger partial charge in [0.15, 0.2) is 0 Å². The molecular weight excluding hydrogens is 484 g/mol. The molecule has 0 spiro atoms. The Morgan fingerprint density at radius 1 is 0.833 bits per heavy atom. The Bertz CT molecular complexity index is 1170. The van der Waals surface area contributed by atoms with E-state index in [4.69, 9.17) is 14.2 Å². The molecule has 4 N–H and O–H groups in total. The van der Waals surface area contributed by atoms with E-state index in [1.807, 2.05) is 48.5 Å². The zero-order valence-electron chi connectivity index (χ0n) is 20.5. The van der Waals surface area contributed by atoms with E-state index < -0.39 is 16.1 Å². The third kappa shape index (κ3) is 8.04. The van der Waals surface area contributed by atoms with Crippen molar-refractivity contribution in [1.29, 1.82) is 0 Å². The Labute approximate surface area is 211 Å². The molecule has 0 aromatic heterocycles. The van der Waals surface area contributed by atoms with Crippen molar-refractivity contribution in [3.63, 3.8) is 0 Å². The van der Waals surface area contributed by atoms with Gasteiger partial charge in [-0.05, 0) is 47.5 Å². The number of benzene rings is 3. The first-order valence-electron chi connectivity index (χ1n) is 11.3. The summed E-state index contributed by atoms with van der Waals surface area (Å²) in [7, 11) is -0.306. The normalized spacial score (nSPS) is 12.2. The predicted molar refractivity (Wildman–Crippen MR) is 139 cm³/mol. The first-order chi connectivity index (χ1) is 17.2. The molecule has 0 saturated heterocycles. The number of ether oxygens (including phenoxy) is 3. The van der Waals surface area contributed by atoms with Crippen LogP contribution in [0, 0.1) is 0 Å². The highest BCUT2D eigenvalue weighted by molar-refractivity contribution is 7.92. The molecular formula is C26H32N2O7S. The molecule has 9 nitrogen and oxygen atoms in total. The summed E-state index contributed by atoms with van der Waals surface area (Å²) in [6, 6.07) is 19.9. The molecule has 3 aromatic rings. The second kappa shape index (κ2) is 12.5. The fourth-order valence-corrected chi connectivity index (χ4v) is 4.20. The van der Waals surface area contributed by atoms with E-state index >= 15 is 0 Å². The molecule has 0 fully saturated rings. The second-order valence-electron chi connectivity index (χ2n) is 8.28. The molecule has 0 saturated carbocycles. The van der Waals surface area contributed by atoms with Crippen molar-refractivity contribution in [2.24, 2.45) is 0 Å². The van der Waals surface area contributed by atoms with E-state index in [2.05, 4.69) is 10.0 Å². The van der Waals surface area contributed by atoms with Gasteiger partial charge in [-0.25, -0.2) is 8.42 Å². The lowest BCUT2D eigenvalue weighted by molar-refractivity contribution is 0.106. The Kier molecular flexibility index (Phi) is 9.40. The van der Waals surface area contributed by atoms with Gasteiger partial charge in [0.25, 0.3) is 0 Å². The van der Waals surface area contributed by atoms with Crippen molar-refractivity contribution in [2.45, 2.75) is 12.0 Å². The number of phenolic OH excluding ortho intramolecular Hbond substituents is 1. The minimum Gasteiger partial charge on any atom is -0.506 e. The molecule has 0 bridgehead atoms. The fraction of sp³-hybridized carbons (Fsp3) is 0.308. The molecule has 0 amide bonds. The molecule has 0 aliphatic rings. The van der Waals surface area contributed by atoms with Crippen LogP contribution in [0.25, 0.3) is 0 Å². The van der Waals surface area contributed by atoms with E-state index in [9.17, 15) is 18.6 Å². The number of sulfonamides is 1. The van der Waals surface area contributed by atoms with Gasteiger partial charge in [0.2, 0.25) is 10.0 Å². The number of methoxy groups -OCH3 is 2. The number of hydrogen-bond acceptors (Lipinski definition) is 8. The van der Waals surface area contributed by atoms with E-state index in [0.717, 1.165) is 28.9 Å². The maximum atomic E-state index is 11.4. The zero-order chi connectivity index (χ0) is 26.1. The number of aliphatic hydroxyl groups excluding tert-OH is 1. The second-order valence-corrected chi connectivity index (χ2v) is 10.0. The molecule has 3 aromatic carbocycles. The van der Waals surface area contributed by atoms with Crippen LogP contribution in [0.4, 0.5) is 5.69 Å². The summed E-state index contributed by atoms with van der Waals surface area (Å²) < 4.78 is 41.3. The largest absolute Gasteiger partial charge is 0.506 e. The van der Waals surface area contributed by atoms with Crippen molar-refractivity contribution in [3.8, 4) is 23.0 Å². The molecule has 0 aliphatic heterocycles. The first kappa shape index (κ1) is 27.1. The summed E-state index contributed by atoms with van der Waals surface area (Å²) >= 11 is 0. The van der Waals surface area contributed by atoms with Gasteiger partial charge >= 0.3 is 0 Å². The molecule has 0 radical (unpaired) electrons. The van der Waals surface area contributed by atoms with Gasteiger partial charge in [-0.2, -0.15) is 0 Å². The van der Waals surface area contributed by atoms with Crippen LogP contribution in [0.15, 0.2) is 66.7 Å². The summed E-state index contributed by atoms with van der Waals surface area (Å²) in [6.45, 7) is 0.818. The van der Waals surface area contributed by atoms with Gasteiger partial charge in [-0.1, -0.05) is 24.3 Å². The third-order valence-corrected chi connectivity index (χ3v) is 6.06. The number of anilines is 1. The van der Waals surface area contributed by atoms with Crippen molar-refractivity contribution >= 4 is 15.7 Å². The van der Waals surface area contributed by atoms with Gasteiger partial charge in [-0.15, -0.1) is 0 Å². The van der Waals surface area contributed by atoms with E-state index in [1.54, 1.807) is 14.2 Å². The van der Waals surface area contributed by atoms with Gasteiger partial charge in [-0.3, -0.25) is 4.72 Å². The minimum absolute atomic E-state index is 0.00411. The number of phenols is 1. The molecule has 194 valence electrons. The van der Waals surface area contributed by atoms with Gasteiger partial charge in [0.05, 0.1) is 26.2 Å². The Morgan fingerprint density at radius 3 is 1.86 bits per heavy atom. The van der Waals surface area contributed by atoms with Gasteiger partial charge in [0, 0.05) is 25.1 Å². The van der Waals surface area contributed by atoms with Crippen LogP contribution in [0.3, 0.4) is 0 Å². The van der Waals surface area contributed by atoms with Crippen LogP contribution in [0.5, 0.6) is 23.0 Å². The summed E-state index contributed by atoms with van der Waals surface area (Å²) in [6.07, 6.45) is 0.165. The quantitative estimate of drug-likeness (QED) is 0.256. The highest BCUT2D eigenvalue weighted by Crippen LogP contribution is 2.29. The predicted octanol–water partition coefficient (Wildman–Crippen LogP) is 2.94. The van der Waals surface area contributed by atoms with E-state index in [-0.39, 0.29) is 30.5 Å². The van der Waals surface area contributed by atoms with Crippen LogP contribution in [0.2, 0.25) is 0 Å². The SMILES string of the molecule is COc1ccc(C(CNC[C@H](O)COc2ccc(O)c(NS(C)(=O)=O)c2)c2ccc(OC)cc2)cc1. The molecule has 0 heterocycles. The van der Waals surface area contributed by atoms with Crippen molar-refractivity contribution < 1.29 is 32.8 Å². The molecule has 3 rings (SSSR count). The fourth-order valence-electron chi connectivity index (χ4n) is 3.63. The topological polar surface area (TPSA) is 126 Å². The summed E-state index contributed by atoms with van der Waals surface area (Å²) in [4.78, 5) is 0. The Hall–Kier alpha value is -3.47. The minimum atomic E-state index is -3.56. The summed E-state index contributed by atoms with van der Waals surface area (Å²) in [5.74, 6) is 1.66. The molecule has 0 unspecified atom stereocenters. The van der Waals surface area contributed by atoms with Crippen molar-refractivity contribution in [1.82, 2.24) is 5.32 Å². The van der Waals surface area contributed by atoms with Crippen molar-refractivity contribution in [3.05, 3.63) is 77.9 Å². The van der Waals surface area contributed by atoms with Crippen LogP contribution >= 0.6 is 0 Å². The maximum Gasteiger partial charge on any atom is 0.229 e. The number of aromatic hydroxyl groups is 1. The smallest absolute Gasteiger partial charge is 0.229 e.